The van der Waals surface area contributed by atoms with Crippen LogP contribution in [0.3, 0.4) is 0 Å². The predicted octanol–water partition coefficient (Wildman–Crippen LogP) is 0.602. The fourth-order valence-electron chi connectivity index (χ4n) is 3.11. The van der Waals surface area contributed by atoms with Crippen molar-refractivity contribution < 1.29 is 14.6 Å². The van der Waals surface area contributed by atoms with Gasteiger partial charge in [0, 0.05) is 39.3 Å². The van der Waals surface area contributed by atoms with E-state index < -0.39 is 5.60 Å². The number of aliphatic imine (C=N–C) groups is 1. The van der Waals surface area contributed by atoms with Crippen molar-refractivity contribution in [3.05, 3.63) is 35.9 Å². The molecule has 1 amide bonds. The van der Waals surface area contributed by atoms with E-state index in [0.29, 0.717) is 45.4 Å². The second kappa shape index (κ2) is 14.6. The lowest BCUT2D eigenvalue weighted by molar-refractivity contribution is -0.119. The number of amides is 1. The first-order chi connectivity index (χ1) is 14.0. The van der Waals surface area contributed by atoms with E-state index in [1.165, 1.54) is 5.56 Å². The van der Waals surface area contributed by atoms with Gasteiger partial charge in [-0.1, -0.05) is 30.3 Å². The van der Waals surface area contributed by atoms with Crippen molar-refractivity contribution in [2.24, 2.45) is 4.99 Å². The molecule has 1 atom stereocenters. The van der Waals surface area contributed by atoms with Crippen LogP contribution in [0.2, 0.25) is 0 Å². The lowest BCUT2D eigenvalue weighted by atomic mass is 10.1. The van der Waals surface area contributed by atoms with Gasteiger partial charge in [-0.05, 0) is 25.8 Å². The van der Waals surface area contributed by atoms with Crippen LogP contribution < -0.4 is 16.0 Å². The number of ether oxygens (including phenoxy) is 1. The van der Waals surface area contributed by atoms with Crippen LogP contribution in [0, 0.1) is 0 Å². The maximum atomic E-state index is 12.1. The first-order valence-electron chi connectivity index (χ1n) is 10.3. The average molecular weight is 533 g/mol. The number of morpholine rings is 1. The van der Waals surface area contributed by atoms with Crippen LogP contribution in [0.1, 0.15) is 19.4 Å². The minimum Gasteiger partial charge on any atom is -0.387 e. The number of nitrogens with one attached hydrogen (secondary N) is 3. The third-order valence-corrected chi connectivity index (χ3v) is 4.61. The summed E-state index contributed by atoms with van der Waals surface area (Å²) in [6.07, 6.45) is 0.791. The highest BCUT2D eigenvalue weighted by atomic mass is 127. The average Bonchev–Trinajstić information content (AvgIpc) is 2.71. The lowest BCUT2D eigenvalue weighted by Gasteiger charge is -2.34. The van der Waals surface area contributed by atoms with Crippen molar-refractivity contribution in [2.45, 2.75) is 25.9 Å². The summed E-state index contributed by atoms with van der Waals surface area (Å²) in [5, 5.41) is 19.8. The van der Waals surface area contributed by atoms with Gasteiger partial charge in [0.1, 0.15) is 6.54 Å². The van der Waals surface area contributed by atoms with E-state index >= 15 is 0 Å². The molecule has 1 aliphatic rings. The first kappa shape index (κ1) is 26.6. The highest BCUT2D eigenvalue weighted by Gasteiger charge is 2.25. The fourth-order valence-corrected chi connectivity index (χ4v) is 3.11. The molecule has 8 nitrogen and oxygen atoms in total. The Kier molecular flexibility index (Phi) is 12.9. The van der Waals surface area contributed by atoms with E-state index in [2.05, 4.69) is 25.8 Å². The van der Waals surface area contributed by atoms with Gasteiger partial charge < -0.3 is 25.8 Å². The molecule has 0 bridgehead atoms. The summed E-state index contributed by atoms with van der Waals surface area (Å²) in [6, 6.07) is 10.0. The first-order valence-corrected chi connectivity index (χ1v) is 10.3. The lowest BCUT2D eigenvalue weighted by Crippen LogP contribution is -2.53. The Balaban J connectivity index is 0.00000450. The molecule has 1 saturated heterocycles. The number of carbonyl (C=O) groups is 1. The number of halogens is 1. The maximum Gasteiger partial charge on any atom is 0.241 e. The molecular weight excluding hydrogens is 497 g/mol. The highest BCUT2D eigenvalue weighted by Crippen LogP contribution is 2.07. The normalized spacial score (nSPS) is 16.8. The van der Waals surface area contributed by atoms with E-state index in [1.807, 2.05) is 37.3 Å². The molecule has 0 saturated carbocycles. The molecule has 0 aliphatic carbocycles. The van der Waals surface area contributed by atoms with E-state index in [0.717, 1.165) is 19.5 Å². The molecular formula is C21H36IN5O3. The highest BCUT2D eigenvalue weighted by molar-refractivity contribution is 14.0. The Bertz CT molecular complexity index is 637. The third-order valence-electron chi connectivity index (χ3n) is 4.61. The standard InChI is InChI=1S/C21H35N5O3.HI/c1-3-22-20(25-16-21(2,28)17-26-11-13-29-14-12-26)24-15-19(27)23-10-9-18-7-5-4-6-8-18;/h4-8,28H,3,9-17H2,1-2H3,(H,23,27)(H2,22,24,25);1H. The van der Waals surface area contributed by atoms with Crippen molar-refractivity contribution in [1.29, 1.82) is 0 Å². The zero-order valence-corrected chi connectivity index (χ0v) is 20.4. The summed E-state index contributed by atoms with van der Waals surface area (Å²) >= 11 is 0. The van der Waals surface area contributed by atoms with Crippen molar-refractivity contribution in [1.82, 2.24) is 20.9 Å². The minimum atomic E-state index is -0.911. The Morgan fingerprint density at radius 3 is 2.57 bits per heavy atom. The van der Waals surface area contributed by atoms with Gasteiger partial charge in [-0.2, -0.15) is 0 Å². The van der Waals surface area contributed by atoms with Crippen LogP contribution in [-0.4, -0.2) is 86.5 Å². The molecule has 30 heavy (non-hydrogen) atoms. The SMILES string of the molecule is CCNC(=NCC(=O)NCCc1ccccc1)NCC(C)(O)CN1CCOCC1.I. The van der Waals surface area contributed by atoms with E-state index in [9.17, 15) is 9.90 Å². The largest absolute Gasteiger partial charge is 0.387 e. The van der Waals surface area contributed by atoms with Gasteiger partial charge in [-0.25, -0.2) is 4.99 Å². The van der Waals surface area contributed by atoms with Crippen LogP contribution in [0.4, 0.5) is 0 Å². The molecule has 1 heterocycles. The third kappa shape index (κ3) is 11.1. The Hall–Kier alpha value is -1.43. The molecule has 0 aromatic heterocycles. The molecule has 1 fully saturated rings. The molecule has 1 aliphatic heterocycles. The van der Waals surface area contributed by atoms with E-state index in [1.54, 1.807) is 6.92 Å². The number of aliphatic hydroxyl groups is 1. The second-order valence-corrected chi connectivity index (χ2v) is 7.52. The van der Waals surface area contributed by atoms with Crippen LogP contribution in [0.15, 0.2) is 35.3 Å². The quantitative estimate of drug-likeness (QED) is 0.200. The number of carbonyl (C=O) groups excluding carboxylic acids is 1. The van der Waals surface area contributed by atoms with Gasteiger partial charge in [0.2, 0.25) is 5.91 Å². The number of nitrogens with zero attached hydrogens (tertiary/aromatic N) is 2. The summed E-state index contributed by atoms with van der Waals surface area (Å²) in [5.41, 5.74) is 0.277. The Morgan fingerprint density at radius 2 is 1.90 bits per heavy atom. The molecule has 1 aromatic rings. The van der Waals surface area contributed by atoms with Gasteiger partial charge in [0.25, 0.3) is 0 Å². The molecule has 0 radical (unpaired) electrons. The van der Waals surface area contributed by atoms with Crippen LogP contribution in [0.25, 0.3) is 0 Å². The second-order valence-electron chi connectivity index (χ2n) is 7.52. The zero-order chi connectivity index (χ0) is 21.0. The number of guanidine groups is 1. The number of β-amino-alcohol motifs (C(OH)–C–C–N with tert-alkyl or cyclic N) is 1. The van der Waals surface area contributed by atoms with Gasteiger partial charge in [0.15, 0.2) is 5.96 Å². The Morgan fingerprint density at radius 1 is 1.20 bits per heavy atom. The number of benzene rings is 1. The smallest absolute Gasteiger partial charge is 0.241 e. The zero-order valence-electron chi connectivity index (χ0n) is 18.0. The van der Waals surface area contributed by atoms with Crippen LogP contribution >= 0.6 is 24.0 Å². The van der Waals surface area contributed by atoms with Gasteiger partial charge >= 0.3 is 0 Å². The summed E-state index contributed by atoms with van der Waals surface area (Å²) in [5.74, 6) is 0.395. The fraction of sp³-hybridized carbons (Fsp3) is 0.619. The summed E-state index contributed by atoms with van der Waals surface area (Å²) in [6.45, 7) is 9.01. The van der Waals surface area contributed by atoms with Gasteiger partial charge in [-0.3, -0.25) is 9.69 Å². The van der Waals surface area contributed by atoms with Crippen LogP contribution in [0.5, 0.6) is 0 Å². The summed E-state index contributed by atoms with van der Waals surface area (Å²) in [4.78, 5) is 18.6. The molecule has 170 valence electrons. The van der Waals surface area contributed by atoms with Crippen LogP contribution in [-0.2, 0) is 16.0 Å². The van der Waals surface area contributed by atoms with Gasteiger partial charge in [-0.15, -0.1) is 24.0 Å². The predicted molar refractivity (Wildman–Crippen MR) is 130 cm³/mol. The number of hydrogen-bond donors (Lipinski definition) is 4. The van der Waals surface area contributed by atoms with Crippen molar-refractivity contribution in [2.75, 3.05) is 59.0 Å². The van der Waals surface area contributed by atoms with E-state index in [4.69, 9.17) is 4.74 Å². The topological polar surface area (TPSA) is 98.2 Å². The monoisotopic (exact) mass is 533 g/mol. The van der Waals surface area contributed by atoms with Gasteiger partial charge in [0.05, 0.1) is 18.8 Å². The Labute approximate surface area is 196 Å². The van der Waals surface area contributed by atoms with Crippen molar-refractivity contribution >= 4 is 35.8 Å². The summed E-state index contributed by atoms with van der Waals surface area (Å²) < 4.78 is 5.35. The van der Waals surface area contributed by atoms with Crippen molar-refractivity contribution in [3.8, 4) is 0 Å². The number of hydrogen-bond acceptors (Lipinski definition) is 5. The van der Waals surface area contributed by atoms with E-state index in [-0.39, 0.29) is 36.4 Å². The molecule has 1 aromatic carbocycles. The molecule has 2 rings (SSSR count). The molecule has 4 N–H and O–H groups in total. The summed E-state index contributed by atoms with van der Waals surface area (Å²) in [7, 11) is 0. The van der Waals surface area contributed by atoms with Crippen molar-refractivity contribution in [3.63, 3.8) is 0 Å². The molecule has 1 unspecified atom stereocenters. The minimum absolute atomic E-state index is 0. The number of rotatable bonds is 10. The maximum absolute atomic E-state index is 12.1. The molecule has 9 heteroatoms. The molecule has 0 spiro atoms.